The molecular weight excluding hydrogens is 491 g/mol. The molecule has 4 aromatic carbocycles. The minimum atomic E-state index is 0.224. The predicted molar refractivity (Wildman–Crippen MR) is 149 cm³/mol. The van der Waals surface area contributed by atoms with Crippen molar-refractivity contribution in [1.29, 1.82) is 0 Å². The molecule has 0 atom stereocenters. The molecule has 0 unspecified atom stereocenters. The number of rotatable bonds is 5. The van der Waals surface area contributed by atoms with Crippen LogP contribution in [-0.2, 0) is 13.1 Å². The standard InChI is InChI=1S/C30H30Cl2N2O2/c31-23-5-7-25-19(15-23)13-21(17-33-9-1-2-10-33)29(35)27(25)28-26-8-6-24(32)16-20(26)14-22(30(28)36)18-34-11-3-4-12-34/h5-8,13-16,35-36H,1-4,9-12,17-18H2. The van der Waals surface area contributed by atoms with Crippen molar-refractivity contribution in [2.24, 2.45) is 0 Å². The number of halogens is 2. The van der Waals surface area contributed by atoms with Gasteiger partial charge in [-0.1, -0.05) is 35.3 Å². The summed E-state index contributed by atoms with van der Waals surface area (Å²) in [7, 11) is 0. The third-order valence-corrected chi connectivity index (χ3v) is 8.21. The van der Waals surface area contributed by atoms with E-state index in [1.807, 2.05) is 48.5 Å². The molecule has 0 spiro atoms. The molecule has 6 heteroatoms. The molecule has 36 heavy (non-hydrogen) atoms. The van der Waals surface area contributed by atoms with E-state index in [0.29, 0.717) is 34.3 Å². The molecule has 6 rings (SSSR count). The molecule has 0 bridgehead atoms. The van der Waals surface area contributed by atoms with Gasteiger partial charge >= 0.3 is 0 Å². The highest BCUT2D eigenvalue weighted by atomic mass is 35.5. The summed E-state index contributed by atoms with van der Waals surface area (Å²) >= 11 is 12.8. The van der Waals surface area contributed by atoms with Crippen LogP contribution in [0.15, 0.2) is 48.5 Å². The van der Waals surface area contributed by atoms with Crippen LogP contribution in [0.25, 0.3) is 32.7 Å². The molecule has 0 aromatic heterocycles. The SMILES string of the molecule is Oc1c(CN2CCCC2)cc2cc(Cl)ccc2c1-c1c(O)c(CN2CCCC2)cc2cc(Cl)ccc12. The maximum atomic E-state index is 11.8. The van der Waals surface area contributed by atoms with Crippen LogP contribution in [0.5, 0.6) is 11.5 Å². The average molecular weight is 521 g/mol. The lowest BCUT2D eigenvalue weighted by Crippen LogP contribution is -2.18. The van der Waals surface area contributed by atoms with Crippen molar-refractivity contribution in [2.75, 3.05) is 26.2 Å². The summed E-state index contributed by atoms with van der Waals surface area (Å²) in [4.78, 5) is 4.74. The molecular formula is C30H30Cl2N2O2. The van der Waals surface area contributed by atoms with Crippen molar-refractivity contribution in [3.8, 4) is 22.6 Å². The number of phenols is 2. The minimum Gasteiger partial charge on any atom is -0.507 e. The lowest BCUT2D eigenvalue weighted by atomic mass is 9.88. The van der Waals surface area contributed by atoms with Crippen molar-refractivity contribution < 1.29 is 10.2 Å². The molecule has 0 saturated carbocycles. The minimum absolute atomic E-state index is 0.224. The Hall–Kier alpha value is -2.50. The van der Waals surface area contributed by atoms with Crippen LogP contribution in [-0.4, -0.2) is 46.2 Å². The Bertz CT molecular complexity index is 1350. The first-order valence-corrected chi connectivity index (χ1v) is 13.6. The molecule has 2 fully saturated rings. The molecule has 186 valence electrons. The van der Waals surface area contributed by atoms with E-state index in [9.17, 15) is 10.2 Å². The van der Waals surface area contributed by atoms with Crippen molar-refractivity contribution in [3.05, 3.63) is 69.7 Å². The molecule has 2 saturated heterocycles. The summed E-state index contributed by atoms with van der Waals surface area (Å²) in [5, 5.41) is 28.5. The van der Waals surface area contributed by atoms with Gasteiger partial charge in [0.1, 0.15) is 11.5 Å². The number of fused-ring (bicyclic) bond motifs is 2. The highest BCUT2D eigenvalue weighted by molar-refractivity contribution is 6.32. The van der Waals surface area contributed by atoms with E-state index < -0.39 is 0 Å². The fraction of sp³-hybridized carbons (Fsp3) is 0.333. The molecule has 2 aliphatic rings. The summed E-state index contributed by atoms with van der Waals surface area (Å²) < 4.78 is 0. The highest BCUT2D eigenvalue weighted by Gasteiger charge is 2.25. The Morgan fingerprint density at radius 2 is 0.972 bits per heavy atom. The average Bonchev–Trinajstić information content (AvgIpc) is 3.56. The second kappa shape index (κ2) is 9.75. The quantitative estimate of drug-likeness (QED) is 0.284. The molecule has 2 heterocycles. The molecule has 0 aliphatic carbocycles. The maximum absolute atomic E-state index is 11.8. The Balaban J connectivity index is 1.62. The van der Waals surface area contributed by atoms with Gasteiger partial charge in [-0.3, -0.25) is 9.80 Å². The van der Waals surface area contributed by atoms with E-state index in [4.69, 9.17) is 23.2 Å². The molecule has 0 radical (unpaired) electrons. The summed E-state index contributed by atoms with van der Waals surface area (Å²) in [5.74, 6) is 0.447. The lowest BCUT2D eigenvalue weighted by Gasteiger charge is -2.22. The first-order chi connectivity index (χ1) is 17.5. The largest absolute Gasteiger partial charge is 0.507 e. The van der Waals surface area contributed by atoms with E-state index in [0.717, 1.165) is 58.9 Å². The number of hydrogen-bond acceptors (Lipinski definition) is 4. The number of benzene rings is 4. The number of aromatic hydroxyl groups is 2. The van der Waals surface area contributed by atoms with Crippen molar-refractivity contribution in [1.82, 2.24) is 9.80 Å². The number of nitrogens with zero attached hydrogens (tertiary/aromatic N) is 2. The number of phenolic OH excluding ortho intramolecular Hbond substituents is 2. The predicted octanol–water partition coefficient (Wildman–Crippen LogP) is 7.57. The van der Waals surface area contributed by atoms with Crippen molar-refractivity contribution in [2.45, 2.75) is 38.8 Å². The zero-order valence-electron chi connectivity index (χ0n) is 20.2. The first kappa shape index (κ1) is 23.9. The van der Waals surface area contributed by atoms with E-state index >= 15 is 0 Å². The fourth-order valence-corrected chi connectivity index (χ4v) is 6.32. The normalized spacial score (nSPS) is 17.1. The van der Waals surface area contributed by atoms with Crippen LogP contribution in [0, 0.1) is 0 Å². The van der Waals surface area contributed by atoms with Gasteiger partial charge in [0, 0.05) is 45.4 Å². The van der Waals surface area contributed by atoms with Gasteiger partial charge in [-0.05, 0) is 110 Å². The Morgan fingerprint density at radius 1 is 0.583 bits per heavy atom. The van der Waals surface area contributed by atoms with E-state index in [-0.39, 0.29) is 11.5 Å². The lowest BCUT2D eigenvalue weighted by molar-refractivity contribution is 0.324. The molecule has 0 amide bonds. The smallest absolute Gasteiger partial charge is 0.128 e. The summed E-state index contributed by atoms with van der Waals surface area (Å²) in [5.41, 5.74) is 3.03. The Kier molecular flexibility index (Phi) is 6.47. The number of likely N-dealkylation sites (tertiary alicyclic amines) is 2. The van der Waals surface area contributed by atoms with Gasteiger partial charge in [-0.2, -0.15) is 0 Å². The van der Waals surface area contributed by atoms with Gasteiger partial charge in [0.25, 0.3) is 0 Å². The molecule has 4 aromatic rings. The van der Waals surface area contributed by atoms with Crippen molar-refractivity contribution >= 4 is 44.7 Å². The van der Waals surface area contributed by atoms with Crippen LogP contribution < -0.4 is 0 Å². The number of hydrogen-bond donors (Lipinski definition) is 2. The zero-order valence-corrected chi connectivity index (χ0v) is 21.7. The van der Waals surface area contributed by atoms with Gasteiger partial charge in [0.15, 0.2) is 0 Å². The molecule has 2 aliphatic heterocycles. The van der Waals surface area contributed by atoms with Crippen molar-refractivity contribution in [3.63, 3.8) is 0 Å². The fourth-order valence-electron chi connectivity index (χ4n) is 5.96. The topological polar surface area (TPSA) is 46.9 Å². The van der Waals surface area contributed by atoms with Crippen LogP contribution in [0.3, 0.4) is 0 Å². The van der Waals surface area contributed by atoms with Crippen LogP contribution >= 0.6 is 23.2 Å². The van der Waals surface area contributed by atoms with E-state index in [1.54, 1.807) is 0 Å². The van der Waals surface area contributed by atoms with Crippen LogP contribution in [0.4, 0.5) is 0 Å². The second-order valence-corrected chi connectivity index (χ2v) is 11.1. The van der Waals surface area contributed by atoms with Gasteiger partial charge in [0.2, 0.25) is 0 Å². The summed E-state index contributed by atoms with van der Waals surface area (Å²) in [6.07, 6.45) is 4.71. The van der Waals surface area contributed by atoms with Crippen LogP contribution in [0.2, 0.25) is 10.0 Å². The van der Waals surface area contributed by atoms with E-state index in [2.05, 4.69) is 9.80 Å². The monoisotopic (exact) mass is 520 g/mol. The molecule has 2 N–H and O–H groups in total. The van der Waals surface area contributed by atoms with E-state index in [1.165, 1.54) is 25.7 Å². The Morgan fingerprint density at radius 3 is 1.36 bits per heavy atom. The third-order valence-electron chi connectivity index (χ3n) is 7.74. The second-order valence-electron chi connectivity index (χ2n) is 10.2. The first-order valence-electron chi connectivity index (χ1n) is 12.8. The third kappa shape index (κ3) is 4.41. The van der Waals surface area contributed by atoms with Gasteiger partial charge in [-0.25, -0.2) is 0 Å². The highest BCUT2D eigenvalue weighted by Crippen LogP contribution is 2.48. The van der Waals surface area contributed by atoms with Gasteiger partial charge < -0.3 is 10.2 Å². The molecule has 4 nitrogen and oxygen atoms in total. The Labute approximate surface area is 221 Å². The summed E-state index contributed by atoms with van der Waals surface area (Å²) in [6.45, 7) is 5.44. The maximum Gasteiger partial charge on any atom is 0.128 e. The van der Waals surface area contributed by atoms with Gasteiger partial charge in [0.05, 0.1) is 0 Å². The van der Waals surface area contributed by atoms with Gasteiger partial charge in [-0.15, -0.1) is 0 Å². The summed E-state index contributed by atoms with van der Waals surface area (Å²) in [6, 6.07) is 15.6. The van der Waals surface area contributed by atoms with Crippen LogP contribution in [0.1, 0.15) is 36.8 Å². The zero-order chi connectivity index (χ0) is 24.8.